The molecular weight excluding hydrogens is 208 g/mol. The number of aromatic nitrogens is 1. The smallest absolute Gasteiger partial charge is 0.0822 e. The minimum Gasteiger partial charge on any atom is -0.370 e. The molecule has 0 N–H and O–H groups in total. The lowest BCUT2D eigenvalue weighted by molar-refractivity contribution is 0.338. The van der Waals surface area contributed by atoms with Gasteiger partial charge in [0.05, 0.1) is 10.7 Å². The van der Waals surface area contributed by atoms with Gasteiger partial charge in [-0.25, -0.2) is 0 Å². The summed E-state index contributed by atoms with van der Waals surface area (Å²) >= 11 is 6.08. The van der Waals surface area contributed by atoms with Gasteiger partial charge >= 0.3 is 0 Å². The Bertz CT molecular complexity index is 332. The summed E-state index contributed by atoms with van der Waals surface area (Å²) in [5.74, 6) is 1.64. The highest BCUT2D eigenvalue weighted by molar-refractivity contribution is 6.33. The normalized spacial score (nSPS) is 16.9. The molecule has 3 heteroatoms. The van der Waals surface area contributed by atoms with Crippen molar-refractivity contribution >= 4 is 17.3 Å². The lowest BCUT2D eigenvalue weighted by Gasteiger charge is -2.42. The molecule has 1 saturated heterocycles. The predicted molar refractivity (Wildman–Crippen MR) is 64.4 cm³/mol. The first-order chi connectivity index (χ1) is 7.16. The zero-order valence-corrected chi connectivity index (χ0v) is 10.0. The van der Waals surface area contributed by atoms with E-state index >= 15 is 0 Å². The monoisotopic (exact) mass is 224 g/mol. The maximum atomic E-state index is 6.08. The van der Waals surface area contributed by atoms with Gasteiger partial charge in [0.1, 0.15) is 0 Å². The SMILES string of the molecule is CC(C)CC1CN(c2ccncc2Cl)C1. The molecule has 0 bridgehead atoms. The highest BCUT2D eigenvalue weighted by Gasteiger charge is 2.28. The van der Waals surface area contributed by atoms with Crippen LogP contribution in [0.2, 0.25) is 5.02 Å². The van der Waals surface area contributed by atoms with Gasteiger partial charge in [-0.15, -0.1) is 0 Å². The van der Waals surface area contributed by atoms with Crippen molar-refractivity contribution in [1.29, 1.82) is 0 Å². The molecule has 1 aliphatic heterocycles. The summed E-state index contributed by atoms with van der Waals surface area (Å²) in [6.45, 7) is 6.84. The van der Waals surface area contributed by atoms with Crippen LogP contribution in [0.1, 0.15) is 20.3 Å². The Labute approximate surface area is 96.3 Å². The second-order valence-corrected chi connectivity index (χ2v) is 5.13. The molecular formula is C12H17ClN2. The summed E-state index contributed by atoms with van der Waals surface area (Å²) in [7, 11) is 0. The van der Waals surface area contributed by atoms with E-state index in [1.165, 1.54) is 6.42 Å². The molecule has 1 fully saturated rings. The third kappa shape index (κ3) is 2.43. The fourth-order valence-electron chi connectivity index (χ4n) is 2.21. The summed E-state index contributed by atoms with van der Waals surface area (Å²) in [4.78, 5) is 6.32. The van der Waals surface area contributed by atoms with Crippen LogP contribution in [-0.4, -0.2) is 18.1 Å². The van der Waals surface area contributed by atoms with E-state index in [-0.39, 0.29) is 0 Å². The van der Waals surface area contributed by atoms with Gasteiger partial charge in [0.2, 0.25) is 0 Å². The Balaban J connectivity index is 1.92. The third-order valence-corrected chi connectivity index (χ3v) is 3.14. The summed E-state index contributed by atoms with van der Waals surface area (Å²) in [6, 6.07) is 1.99. The molecule has 2 heterocycles. The molecule has 15 heavy (non-hydrogen) atoms. The van der Waals surface area contributed by atoms with E-state index in [4.69, 9.17) is 11.6 Å². The van der Waals surface area contributed by atoms with Crippen molar-refractivity contribution in [1.82, 2.24) is 4.98 Å². The molecule has 0 aromatic carbocycles. The first kappa shape index (κ1) is 10.7. The summed E-state index contributed by atoms with van der Waals surface area (Å²) in [6.07, 6.45) is 4.84. The van der Waals surface area contributed by atoms with Gasteiger partial charge in [-0.05, 0) is 24.3 Å². The minimum absolute atomic E-state index is 0.764. The Kier molecular flexibility index (Phi) is 3.15. The molecule has 1 aromatic rings. The number of pyridine rings is 1. The second-order valence-electron chi connectivity index (χ2n) is 4.73. The molecule has 0 saturated carbocycles. The lowest BCUT2D eigenvalue weighted by Crippen LogP contribution is -2.47. The van der Waals surface area contributed by atoms with Crippen molar-refractivity contribution in [3.05, 3.63) is 23.5 Å². The standard InChI is InChI=1S/C12H17ClN2/c1-9(2)5-10-7-15(8-10)12-3-4-14-6-11(12)13/h3-4,6,9-10H,5,7-8H2,1-2H3. The summed E-state index contributed by atoms with van der Waals surface area (Å²) < 4.78 is 0. The van der Waals surface area contributed by atoms with Crippen LogP contribution in [-0.2, 0) is 0 Å². The first-order valence-electron chi connectivity index (χ1n) is 5.51. The maximum absolute atomic E-state index is 6.08. The predicted octanol–water partition coefficient (Wildman–Crippen LogP) is 3.22. The molecule has 82 valence electrons. The third-order valence-electron chi connectivity index (χ3n) is 2.85. The zero-order valence-electron chi connectivity index (χ0n) is 9.28. The highest BCUT2D eigenvalue weighted by atomic mass is 35.5. The maximum Gasteiger partial charge on any atom is 0.0822 e. The number of rotatable bonds is 3. The van der Waals surface area contributed by atoms with Gasteiger partial charge in [-0.2, -0.15) is 0 Å². The van der Waals surface area contributed by atoms with Gasteiger partial charge < -0.3 is 4.90 Å². The van der Waals surface area contributed by atoms with Crippen LogP contribution >= 0.6 is 11.6 Å². The molecule has 0 amide bonds. The number of anilines is 1. The Hall–Kier alpha value is -0.760. The van der Waals surface area contributed by atoms with Crippen LogP contribution < -0.4 is 4.90 Å². The van der Waals surface area contributed by atoms with Crippen molar-refractivity contribution in [3.8, 4) is 0 Å². The van der Waals surface area contributed by atoms with E-state index in [9.17, 15) is 0 Å². The van der Waals surface area contributed by atoms with Crippen LogP contribution in [0.4, 0.5) is 5.69 Å². The molecule has 0 spiro atoms. The molecule has 0 atom stereocenters. The van der Waals surface area contributed by atoms with Crippen molar-refractivity contribution in [2.45, 2.75) is 20.3 Å². The molecule has 1 aliphatic rings. The molecule has 1 aromatic heterocycles. The van der Waals surface area contributed by atoms with Crippen LogP contribution in [0.3, 0.4) is 0 Å². The van der Waals surface area contributed by atoms with Crippen LogP contribution in [0.25, 0.3) is 0 Å². The highest BCUT2D eigenvalue weighted by Crippen LogP contribution is 2.32. The molecule has 0 radical (unpaired) electrons. The van der Waals surface area contributed by atoms with E-state index in [1.807, 2.05) is 6.07 Å². The van der Waals surface area contributed by atoms with Crippen molar-refractivity contribution in [3.63, 3.8) is 0 Å². The first-order valence-corrected chi connectivity index (χ1v) is 5.89. The summed E-state index contributed by atoms with van der Waals surface area (Å²) in [5.41, 5.74) is 1.13. The van der Waals surface area contributed by atoms with Gasteiger partial charge in [0.15, 0.2) is 0 Å². The fourth-order valence-corrected chi connectivity index (χ4v) is 2.45. The quantitative estimate of drug-likeness (QED) is 0.784. The van der Waals surface area contributed by atoms with E-state index in [2.05, 4.69) is 23.7 Å². The fraction of sp³-hybridized carbons (Fsp3) is 0.583. The lowest BCUT2D eigenvalue weighted by atomic mass is 9.90. The van der Waals surface area contributed by atoms with E-state index in [1.54, 1.807) is 12.4 Å². The van der Waals surface area contributed by atoms with Crippen molar-refractivity contribution in [2.24, 2.45) is 11.8 Å². The average Bonchev–Trinajstić information content (AvgIpc) is 2.12. The Morgan fingerprint density at radius 3 is 2.87 bits per heavy atom. The van der Waals surface area contributed by atoms with E-state index in [0.29, 0.717) is 0 Å². The van der Waals surface area contributed by atoms with Gasteiger partial charge in [-0.1, -0.05) is 25.4 Å². The zero-order chi connectivity index (χ0) is 10.8. The Morgan fingerprint density at radius 2 is 2.27 bits per heavy atom. The van der Waals surface area contributed by atoms with Gasteiger partial charge in [-0.3, -0.25) is 4.98 Å². The number of hydrogen-bond acceptors (Lipinski definition) is 2. The number of nitrogens with zero attached hydrogens (tertiary/aromatic N) is 2. The minimum atomic E-state index is 0.764. The van der Waals surface area contributed by atoms with Crippen LogP contribution in [0.15, 0.2) is 18.5 Å². The van der Waals surface area contributed by atoms with Crippen molar-refractivity contribution in [2.75, 3.05) is 18.0 Å². The Morgan fingerprint density at radius 1 is 1.53 bits per heavy atom. The molecule has 0 aliphatic carbocycles. The number of hydrogen-bond donors (Lipinski definition) is 0. The van der Waals surface area contributed by atoms with Crippen LogP contribution in [0, 0.1) is 11.8 Å². The van der Waals surface area contributed by atoms with Gasteiger partial charge in [0, 0.05) is 25.5 Å². The van der Waals surface area contributed by atoms with Crippen molar-refractivity contribution < 1.29 is 0 Å². The van der Waals surface area contributed by atoms with E-state index < -0.39 is 0 Å². The molecule has 2 nitrogen and oxygen atoms in total. The molecule has 0 unspecified atom stereocenters. The van der Waals surface area contributed by atoms with Gasteiger partial charge in [0.25, 0.3) is 0 Å². The average molecular weight is 225 g/mol. The largest absolute Gasteiger partial charge is 0.370 e. The van der Waals surface area contributed by atoms with Crippen LogP contribution in [0.5, 0.6) is 0 Å². The summed E-state index contributed by atoms with van der Waals surface area (Å²) in [5, 5.41) is 0.764. The number of halogens is 1. The van der Waals surface area contributed by atoms with E-state index in [0.717, 1.165) is 35.6 Å². The molecule has 2 rings (SSSR count). The topological polar surface area (TPSA) is 16.1 Å². The second kappa shape index (κ2) is 4.40.